The molecule has 1 saturated heterocycles. The van der Waals surface area contributed by atoms with Crippen LogP contribution < -0.4 is 0 Å². The van der Waals surface area contributed by atoms with Gasteiger partial charge in [-0.2, -0.15) is 0 Å². The van der Waals surface area contributed by atoms with Gasteiger partial charge in [0.1, 0.15) is 24.4 Å². The van der Waals surface area contributed by atoms with Gasteiger partial charge in [0.15, 0.2) is 6.29 Å². The van der Waals surface area contributed by atoms with E-state index in [4.69, 9.17) is 9.47 Å². The smallest absolute Gasteiger partial charge is 0.187 e. The average Bonchev–Trinajstić information content (AvgIpc) is 3.06. The monoisotopic (exact) mass is 719 g/mol. The van der Waals surface area contributed by atoms with E-state index in [0.29, 0.717) is 12.3 Å². The molecule has 0 aromatic heterocycles. The van der Waals surface area contributed by atoms with Gasteiger partial charge < -0.3 is 29.9 Å². The van der Waals surface area contributed by atoms with Crippen LogP contribution in [-0.2, 0) is 9.47 Å². The Hall–Kier alpha value is -3.10. The Balaban J connectivity index is 2.44. The van der Waals surface area contributed by atoms with Crippen LogP contribution in [0.4, 0.5) is 0 Å². The first kappa shape index (κ1) is 46.9. The van der Waals surface area contributed by atoms with Crippen LogP contribution in [0.15, 0.2) is 131 Å². The van der Waals surface area contributed by atoms with E-state index in [1.807, 2.05) is 13.8 Å². The molecule has 1 aliphatic rings. The summed E-state index contributed by atoms with van der Waals surface area (Å²) in [5.74, 6) is 0.528. The number of hydrogen-bond acceptors (Lipinski definition) is 6. The zero-order valence-electron chi connectivity index (χ0n) is 33.8. The molecule has 1 fully saturated rings. The van der Waals surface area contributed by atoms with Crippen molar-refractivity contribution in [1.29, 1.82) is 0 Å². The van der Waals surface area contributed by atoms with E-state index < -0.39 is 42.9 Å². The highest BCUT2D eigenvalue weighted by Crippen LogP contribution is 2.28. The van der Waals surface area contributed by atoms with Gasteiger partial charge in [0.05, 0.1) is 12.2 Å². The van der Waals surface area contributed by atoms with Gasteiger partial charge in [-0.25, -0.2) is 0 Å². The first-order valence-corrected chi connectivity index (χ1v) is 18.9. The summed E-state index contributed by atoms with van der Waals surface area (Å²) in [6.07, 6.45) is 33.8. The third-order valence-corrected chi connectivity index (χ3v) is 8.67. The fourth-order valence-corrected chi connectivity index (χ4v) is 5.34. The van der Waals surface area contributed by atoms with Crippen molar-refractivity contribution in [2.75, 3.05) is 6.61 Å². The van der Waals surface area contributed by atoms with Crippen molar-refractivity contribution in [3.05, 3.63) is 131 Å². The van der Waals surface area contributed by atoms with Crippen molar-refractivity contribution < 1.29 is 29.9 Å². The lowest BCUT2D eigenvalue weighted by molar-refractivity contribution is -0.323. The minimum absolute atomic E-state index is 0.477. The molecule has 6 nitrogen and oxygen atoms in total. The Kier molecular flexibility index (Phi) is 23.3. The fraction of sp³-hybridized carbons (Fsp3) is 0.522. The lowest BCUT2D eigenvalue weighted by Crippen LogP contribution is -2.60. The molecule has 4 N–H and O–H groups in total. The summed E-state index contributed by atoms with van der Waals surface area (Å²) >= 11 is 0. The quantitative estimate of drug-likeness (QED) is 0.0697. The number of hydrogen-bond donors (Lipinski definition) is 4. The van der Waals surface area contributed by atoms with Crippen molar-refractivity contribution in [2.24, 2.45) is 5.92 Å². The number of allylic oxidation sites excluding steroid dienone is 22. The first-order valence-electron chi connectivity index (χ1n) is 18.9. The summed E-state index contributed by atoms with van der Waals surface area (Å²) in [5.41, 5.74) is 6.85. The van der Waals surface area contributed by atoms with Crippen LogP contribution in [0.5, 0.6) is 0 Å². The minimum Gasteiger partial charge on any atom is -0.394 e. The maximum absolute atomic E-state index is 10.3. The van der Waals surface area contributed by atoms with E-state index in [-0.39, 0.29) is 0 Å². The van der Waals surface area contributed by atoms with Gasteiger partial charge >= 0.3 is 0 Å². The molecule has 0 aromatic carbocycles. The summed E-state index contributed by atoms with van der Waals surface area (Å²) < 4.78 is 11.5. The summed E-state index contributed by atoms with van der Waals surface area (Å²) in [5, 5.41) is 39.7. The SMILES string of the molecule is CC(C)=C/C=C/C(C)C/C=C/C(C)=C/C=C/C(C)=C/CC/C=C(C)/C=C/C=C(C)/C=C/C=C(\C)CCCC(C)(C)O[C@@H]1O[C@H](CO)[C@@H](O)[C@H](O)[C@H]1O. The molecule has 6 heteroatoms. The molecule has 6 atom stereocenters. The molecule has 1 rings (SSSR count). The maximum atomic E-state index is 10.3. The molecule has 0 aliphatic carbocycles. The summed E-state index contributed by atoms with van der Waals surface area (Å²) in [6.45, 7) is 20.4. The number of aliphatic hydroxyl groups excluding tert-OH is 4. The Morgan fingerprint density at radius 3 is 1.85 bits per heavy atom. The predicted molar refractivity (Wildman–Crippen MR) is 220 cm³/mol. The van der Waals surface area contributed by atoms with E-state index in [0.717, 1.165) is 37.7 Å². The summed E-state index contributed by atoms with van der Waals surface area (Å²) in [4.78, 5) is 0. The normalized spacial score (nSPS) is 24.0. The molecule has 1 aliphatic heterocycles. The van der Waals surface area contributed by atoms with E-state index in [1.165, 1.54) is 27.9 Å². The highest BCUT2D eigenvalue weighted by atomic mass is 16.7. The van der Waals surface area contributed by atoms with Gasteiger partial charge in [-0.15, -0.1) is 0 Å². The average molecular weight is 719 g/mol. The van der Waals surface area contributed by atoms with Crippen LogP contribution >= 0.6 is 0 Å². The molecular weight excluding hydrogens is 649 g/mol. The Labute approximate surface area is 316 Å². The van der Waals surface area contributed by atoms with Gasteiger partial charge in [0.25, 0.3) is 0 Å². The van der Waals surface area contributed by atoms with Gasteiger partial charge in [-0.1, -0.05) is 138 Å². The van der Waals surface area contributed by atoms with Crippen LogP contribution in [0, 0.1) is 5.92 Å². The summed E-state index contributed by atoms with van der Waals surface area (Å²) in [7, 11) is 0. The molecule has 0 radical (unpaired) electrons. The van der Waals surface area contributed by atoms with E-state index in [1.54, 1.807) is 0 Å². The highest BCUT2D eigenvalue weighted by molar-refractivity contribution is 5.29. The third kappa shape index (κ3) is 21.4. The minimum atomic E-state index is -1.45. The fourth-order valence-electron chi connectivity index (χ4n) is 5.34. The molecule has 0 spiro atoms. The Morgan fingerprint density at radius 1 is 0.712 bits per heavy atom. The number of ether oxygens (including phenoxy) is 2. The Morgan fingerprint density at radius 2 is 1.27 bits per heavy atom. The molecule has 0 amide bonds. The molecule has 1 unspecified atom stereocenters. The number of rotatable bonds is 21. The van der Waals surface area contributed by atoms with Crippen LogP contribution in [-0.4, -0.2) is 63.3 Å². The maximum Gasteiger partial charge on any atom is 0.187 e. The standard InChI is InChI=1S/C46H70O6/c1-34(2)19-13-22-37(5)25-16-28-38(6)26-14-23-35(3)20-11-12-21-36(4)24-15-27-39(7)29-17-30-40(8)31-18-32-46(9,10)52-45-44(50)43(49)42(48)41(33-47)51-45/h13-17,19-24,26-30,37,41-45,47-50H,11-12,18,25,31-33H2,1-10H3/b22-13+,23-14+,24-15+,28-16+,29-17+,35-20+,36-21+,38-26+,39-27+,40-30+/t37?,41-,42-,43+,44-,45+/m1/s1. The molecular formula is C46H70O6. The lowest BCUT2D eigenvalue weighted by Gasteiger charge is -2.42. The van der Waals surface area contributed by atoms with Gasteiger partial charge in [-0.05, 0) is 107 Å². The van der Waals surface area contributed by atoms with Crippen molar-refractivity contribution in [2.45, 2.75) is 144 Å². The van der Waals surface area contributed by atoms with E-state index in [9.17, 15) is 20.4 Å². The zero-order valence-corrected chi connectivity index (χ0v) is 33.8. The van der Waals surface area contributed by atoms with Crippen LogP contribution in [0.3, 0.4) is 0 Å². The Bertz CT molecular complexity index is 1390. The van der Waals surface area contributed by atoms with Gasteiger partial charge in [-0.3, -0.25) is 0 Å². The van der Waals surface area contributed by atoms with Crippen LogP contribution in [0.1, 0.15) is 108 Å². The van der Waals surface area contributed by atoms with Crippen molar-refractivity contribution in [3.8, 4) is 0 Å². The van der Waals surface area contributed by atoms with Crippen molar-refractivity contribution >= 4 is 0 Å². The highest BCUT2D eigenvalue weighted by Gasteiger charge is 2.45. The van der Waals surface area contributed by atoms with Crippen molar-refractivity contribution in [1.82, 2.24) is 0 Å². The van der Waals surface area contributed by atoms with Crippen LogP contribution in [0.25, 0.3) is 0 Å². The largest absolute Gasteiger partial charge is 0.394 e. The lowest BCUT2D eigenvalue weighted by atomic mass is 9.96. The van der Waals surface area contributed by atoms with E-state index in [2.05, 4.69) is 153 Å². The molecule has 290 valence electrons. The molecule has 0 bridgehead atoms. The second kappa shape index (κ2) is 25.8. The summed E-state index contributed by atoms with van der Waals surface area (Å²) in [6, 6.07) is 0. The number of unbranched alkanes of at least 4 members (excludes halogenated alkanes) is 1. The first-order chi connectivity index (χ1) is 24.5. The van der Waals surface area contributed by atoms with Gasteiger partial charge in [0.2, 0.25) is 0 Å². The van der Waals surface area contributed by atoms with E-state index >= 15 is 0 Å². The van der Waals surface area contributed by atoms with Gasteiger partial charge in [0, 0.05) is 0 Å². The molecule has 0 aromatic rings. The van der Waals surface area contributed by atoms with Crippen molar-refractivity contribution in [3.63, 3.8) is 0 Å². The number of aliphatic hydroxyl groups is 4. The molecule has 0 saturated carbocycles. The molecule has 1 heterocycles. The predicted octanol–water partition coefficient (Wildman–Crippen LogP) is 10.0. The second-order valence-electron chi connectivity index (χ2n) is 15.1. The topological polar surface area (TPSA) is 99.4 Å². The second-order valence-corrected chi connectivity index (χ2v) is 15.1. The zero-order chi connectivity index (χ0) is 39.1. The van der Waals surface area contributed by atoms with Crippen LogP contribution in [0.2, 0.25) is 0 Å². The third-order valence-electron chi connectivity index (χ3n) is 8.67. The molecule has 52 heavy (non-hydrogen) atoms.